The molecule has 0 bridgehead atoms. The number of nitrogens with zero attached hydrogens (tertiary/aromatic N) is 3. The van der Waals surface area contributed by atoms with Crippen molar-refractivity contribution < 1.29 is 5.11 Å². The number of hydrogen-bond acceptors (Lipinski definition) is 4. The summed E-state index contributed by atoms with van der Waals surface area (Å²) in [7, 11) is 2.14. The minimum absolute atomic E-state index is 0.0129. The van der Waals surface area contributed by atoms with E-state index in [1.807, 2.05) is 6.08 Å². The van der Waals surface area contributed by atoms with E-state index in [0.29, 0.717) is 11.8 Å². The van der Waals surface area contributed by atoms with E-state index in [4.69, 9.17) is 10.2 Å². The molecule has 0 aromatic carbocycles. The third kappa shape index (κ3) is 6.93. The average Bonchev–Trinajstić information content (AvgIpc) is 3.11. The quantitative estimate of drug-likeness (QED) is 0.344. The van der Waals surface area contributed by atoms with Crippen LogP contribution in [0.3, 0.4) is 0 Å². The van der Waals surface area contributed by atoms with E-state index in [2.05, 4.69) is 107 Å². The molecule has 5 unspecified atom stereocenters. The molecular weight excluding hydrogens is 430 g/mol. The Labute approximate surface area is 212 Å². The van der Waals surface area contributed by atoms with Gasteiger partial charge in [-0.05, 0) is 45.6 Å². The zero-order valence-electron chi connectivity index (χ0n) is 22.1. The van der Waals surface area contributed by atoms with Crippen LogP contribution in [0.15, 0.2) is 93.8 Å². The number of fused-ring (bicyclic) bond motifs is 1. The molecule has 5 atom stereocenters. The number of amidine groups is 1. The molecule has 3 aliphatic rings. The zero-order chi connectivity index (χ0) is 26.0. The first-order valence-corrected chi connectivity index (χ1v) is 12.5. The van der Waals surface area contributed by atoms with Crippen LogP contribution in [0.25, 0.3) is 0 Å². The van der Waals surface area contributed by atoms with Gasteiger partial charge in [0, 0.05) is 24.6 Å². The van der Waals surface area contributed by atoms with Gasteiger partial charge in [-0.25, -0.2) is 0 Å². The summed E-state index contributed by atoms with van der Waals surface area (Å²) in [6.07, 6.45) is 33.3. The Balaban J connectivity index is 0.00000210. The fourth-order valence-corrected chi connectivity index (χ4v) is 4.78. The van der Waals surface area contributed by atoms with Gasteiger partial charge in [0.1, 0.15) is 0 Å². The SMILES string of the molecule is C#C.CCCC1C=CC=CC1C(C)N(C)C1=NN=C(C(/C=C\C(C)O)=C(C)C)C2C=CC=CC=C12. The van der Waals surface area contributed by atoms with E-state index in [-0.39, 0.29) is 12.0 Å². The minimum Gasteiger partial charge on any atom is -0.389 e. The number of likely N-dealkylation sites (N-methyl/N-ethyl adjacent to an activating group) is 1. The smallest absolute Gasteiger partial charge is 0.155 e. The van der Waals surface area contributed by atoms with Crippen molar-refractivity contribution in [1.82, 2.24) is 4.90 Å². The van der Waals surface area contributed by atoms with Gasteiger partial charge in [0.25, 0.3) is 0 Å². The molecule has 0 fully saturated rings. The molecule has 0 aromatic heterocycles. The molecule has 0 saturated heterocycles. The Kier molecular flexibility index (Phi) is 11.0. The molecule has 0 spiro atoms. The van der Waals surface area contributed by atoms with Crippen LogP contribution in [0, 0.1) is 30.6 Å². The lowest BCUT2D eigenvalue weighted by Crippen LogP contribution is -2.45. The summed E-state index contributed by atoms with van der Waals surface area (Å²) >= 11 is 0. The molecule has 4 heteroatoms. The molecule has 35 heavy (non-hydrogen) atoms. The van der Waals surface area contributed by atoms with Gasteiger partial charge in [-0.15, -0.1) is 17.9 Å². The highest BCUT2D eigenvalue weighted by Crippen LogP contribution is 2.33. The molecular formula is C31H41N3O. The van der Waals surface area contributed by atoms with Gasteiger partial charge in [-0.1, -0.05) is 85.8 Å². The first kappa shape index (κ1) is 28.1. The predicted octanol–water partition coefficient (Wildman–Crippen LogP) is 6.42. The molecule has 3 rings (SSSR count). The summed E-state index contributed by atoms with van der Waals surface area (Å²) in [5, 5.41) is 19.3. The fraction of sp³-hybridized carbons (Fsp3) is 0.419. The summed E-state index contributed by atoms with van der Waals surface area (Å²) in [4.78, 5) is 2.30. The average molecular weight is 472 g/mol. The molecule has 1 N–H and O–H groups in total. The van der Waals surface area contributed by atoms with E-state index in [0.717, 1.165) is 28.3 Å². The third-order valence-corrected chi connectivity index (χ3v) is 6.72. The highest BCUT2D eigenvalue weighted by Gasteiger charge is 2.34. The molecule has 1 aliphatic heterocycles. The van der Waals surface area contributed by atoms with Gasteiger partial charge in [0.05, 0.1) is 17.7 Å². The number of hydrogen-bond donors (Lipinski definition) is 1. The Morgan fingerprint density at radius 2 is 1.74 bits per heavy atom. The molecule has 4 nitrogen and oxygen atoms in total. The van der Waals surface area contributed by atoms with Crippen molar-refractivity contribution in [1.29, 1.82) is 0 Å². The normalized spacial score (nSPS) is 24.3. The number of allylic oxidation sites excluding steroid dienone is 11. The fourth-order valence-electron chi connectivity index (χ4n) is 4.78. The summed E-state index contributed by atoms with van der Waals surface area (Å²) in [5.41, 5.74) is 4.26. The van der Waals surface area contributed by atoms with Crippen LogP contribution < -0.4 is 0 Å². The molecule has 0 saturated carbocycles. The molecule has 0 aromatic rings. The maximum Gasteiger partial charge on any atom is 0.155 e. The van der Waals surface area contributed by atoms with Gasteiger partial charge >= 0.3 is 0 Å². The largest absolute Gasteiger partial charge is 0.389 e. The predicted molar refractivity (Wildman–Crippen MR) is 151 cm³/mol. The van der Waals surface area contributed by atoms with Gasteiger partial charge in [-0.2, -0.15) is 5.10 Å². The lowest BCUT2D eigenvalue weighted by atomic mass is 9.80. The second-order valence-electron chi connectivity index (χ2n) is 9.44. The van der Waals surface area contributed by atoms with Crippen LogP contribution in [0.2, 0.25) is 0 Å². The molecule has 0 amide bonds. The summed E-state index contributed by atoms with van der Waals surface area (Å²) in [6.45, 7) is 10.5. The highest BCUT2D eigenvalue weighted by molar-refractivity contribution is 6.15. The maximum absolute atomic E-state index is 9.79. The van der Waals surface area contributed by atoms with Crippen molar-refractivity contribution in [2.75, 3.05) is 7.05 Å². The molecule has 186 valence electrons. The van der Waals surface area contributed by atoms with Crippen molar-refractivity contribution in [2.45, 2.75) is 59.6 Å². The summed E-state index contributed by atoms with van der Waals surface area (Å²) < 4.78 is 0. The highest BCUT2D eigenvalue weighted by atomic mass is 16.3. The van der Waals surface area contributed by atoms with Crippen molar-refractivity contribution in [2.24, 2.45) is 28.0 Å². The van der Waals surface area contributed by atoms with Gasteiger partial charge < -0.3 is 10.0 Å². The second-order valence-corrected chi connectivity index (χ2v) is 9.44. The maximum atomic E-state index is 9.79. The standard InChI is InChI=1S/C29H39N3O.C2H2/c1-7-13-23-14-11-12-15-25(23)22(5)32(6)29-27-17-10-8-9-16-26(27)28(30-31-29)24(20(2)3)19-18-21(4)33;1-2/h8-12,14-19,21-23,25-26,33H,7,13H2,1-6H3;1-2H/b19-18-;. The molecule has 0 radical (unpaired) electrons. The van der Waals surface area contributed by atoms with Crippen LogP contribution in [0.4, 0.5) is 0 Å². The lowest BCUT2D eigenvalue weighted by molar-refractivity contribution is 0.244. The Bertz CT molecular complexity index is 1020. The van der Waals surface area contributed by atoms with Crippen molar-refractivity contribution in [3.05, 3.63) is 83.6 Å². The third-order valence-electron chi connectivity index (χ3n) is 6.72. The Morgan fingerprint density at radius 3 is 2.40 bits per heavy atom. The van der Waals surface area contributed by atoms with Crippen molar-refractivity contribution >= 4 is 11.5 Å². The summed E-state index contributed by atoms with van der Waals surface area (Å²) in [5.74, 6) is 1.92. The minimum atomic E-state index is -0.510. The Morgan fingerprint density at radius 1 is 1.06 bits per heavy atom. The molecule has 2 aliphatic carbocycles. The van der Waals surface area contributed by atoms with Crippen LogP contribution in [0.5, 0.6) is 0 Å². The van der Waals surface area contributed by atoms with E-state index < -0.39 is 6.10 Å². The topological polar surface area (TPSA) is 48.2 Å². The van der Waals surface area contributed by atoms with Crippen LogP contribution in [-0.2, 0) is 0 Å². The van der Waals surface area contributed by atoms with Crippen LogP contribution in [-0.4, -0.2) is 40.7 Å². The van der Waals surface area contributed by atoms with E-state index in [1.54, 1.807) is 13.0 Å². The first-order chi connectivity index (χ1) is 16.8. The zero-order valence-corrected chi connectivity index (χ0v) is 22.1. The van der Waals surface area contributed by atoms with Gasteiger partial charge in [0.15, 0.2) is 5.84 Å². The van der Waals surface area contributed by atoms with Crippen molar-refractivity contribution in [3.8, 4) is 12.8 Å². The lowest BCUT2D eigenvalue weighted by Gasteiger charge is -2.39. The van der Waals surface area contributed by atoms with Gasteiger partial charge in [0.2, 0.25) is 0 Å². The number of terminal acetylenes is 1. The monoisotopic (exact) mass is 471 g/mol. The molecule has 1 heterocycles. The van der Waals surface area contributed by atoms with E-state index >= 15 is 0 Å². The summed E-state index contributed by atoms with van der Waals surface area (Å²) in [6, 6.07) is 0.286. The van der Waals surface area contributed by atoms with Crippen LogP contribution >= 0.6 is 0 Å². The number of rotatable bonds is 7. The number of aliphatic hydroxyl groups is 1. The second kappa shape index (κ2) is 13.7. The first-order valence-electron chi connectivity index (χ1n) is 12.5. The van der Waals surface area contributed by atoms with E-state index in [1.165, 1.54) is 12.8 Å². The Hall–Kier alpha value is -3.16. The number of aliphatic hydroxyl groups excluding tert-OH is 1. The van der Waals surface area contributed by atoms with E-state index in [9.17, 15) is 5.11 Å². The van der Waals surface area contributed by atoms with Gasteiger partial charge in [-0.3, -0.25) is 0 Å². The van der Waals surface area contributed by atoms with Crippen LogP contribution in [0.1, 0.15) is 47.5 Å². The van der Waals surface area contributed by atoms with Crippen molar-refractivity contribution in [3.63, 3.8) is 0 Å².